The fraction of sp³-hybridized carbons (Fsp3) is 0.520. The van der Waals surface area contributed by atoms with E-state index in [1.165, 1.54) is 44.0 Å². The van der Waals surface area contributed by atoms with Crippen molar-refractivity contribution in [3.8, 4) is 11.5 Å². The molecule has 1 saturated heterocycles. The molecular weight excluding hydrogens is 560 g/mol. The van der Waals surface area contributed by atoms with Crippen molar-refractivity contribution in [2.75, 3.05) is 37.4 Å². The predicted molar refractivity (Wildman–Crippen MR) is 146 cm³/mol. The maximum Gasteiger partial charge on any atom is 0.395 e. The van der Waals surface area contributed by atoms with Crippen LogP contribution in [0.1, 0.15) is 33.9 Å². The summed E-state index contributed by atoms with van der Waals surface area (Å²) in [5.41, 5.74) is 4.39. The molecule has 0 radical (unpaired) electrons. The summed E-state index contributed by atoms with van der Waals surface area (Å²) in [6.45, 7) is 7.57. The van der Waals surface area contributed by atoms with Crippen LogP contribution in [-0.2, 0) is 14.3 Å². The smallest absolute Gasteiger partial charge is 0.395 e. The van der Waals surface area contributed by atoms with Crippen LogP contribution in [0.25, 0.3) is 11.2 Å². The molecule has 4 rings (SSSR count). The van der Waals surface area contributed by atoms with Gasteiger partial charge >= 0.3 is 14.1 Å². The monoisotopic (exact) mass is 593 g/mol. The molecule has 3 N–H and O–H groups in total. The molecule has 6 atom stereocenters. The molecule has 0 saturated carbocycles. The third-order valence-corrected chi connectivity index (χ3v) is 7.58. The van der Waals surface area contributed by atoms with Crippen molar-refractivity contribution in [3.63, 3.8) is 0 Å². The Morgan fingerprint density at radius 3 is 2.68 bits per heavy atom. The van der Waals surface area contributed by atoms with E-state index in [0.29, 0.717) is 24.4 Å². The van der Waals surface area contributed by atoms with Crippen molar-refractivity contribution in [1.82, 2.24) is 19.5 Å². The number of aliphatic hydroxyl groups is 1. The zero-order valence-corrected chi connectivity index (χ0v) is 24.2. The Kier molecular flexibility index (Phi) is 9.22. The topological polar surface area (TPSA) is 182 Å². The van der Waals surface area contributed by atoms with Gasteiger partial charge in [0.1, 0.15) is 18.8 Å². The summed E-state index contributed by atoms with van der Waals surface area (Å²) in [6, 6.07) is 5.29. The van der Waals surface area contributed by atoms with Gasteiger partial charge < -0.3 is 34.8 Å². The molecule has 2 aromatic heterocycles. The number of rotatable bonds is 11. The van der Waals surface area contributed by atoms with E-state index in [-0.39, 0.29) is 29.7 Å². The average molecular weight is 594 g/mol. The van der Waals surface area contributed by atoms with E-state index in [1.807, 2.05) is 18.7 Å². The van der Waals surface area contributed by atoms with E-state index in [1.54, 1.807) is 12.1 Å². The predicted octanol–water partition coefficient (Wildman–Crippen LogP) is 2.12. The number of fused-ring (bicyclic) bond motifs is 1. The van der Waals surface area contributed by atoms with Gasteiger partial charge in [0.05, 0.1) is 13.4 Å². The van der Waals surface area contributed by atoms with Crippen molar-refractivity contribution in [3.05, 3.63) is 30.6 Å². The van der Waals surface area contributed by atoms with E-state index >= 15 is 4.39 Å². The van der Waals surface area contributed by atoms with Gasteiger partial charge in [-0.05, 0) is 39.8 Å². The molecule has 0 spiro atoms. The van der Waals surface area contributed by atoms with E-state index < -0.39 is 44.3 Å². The maximum absolute atomic E-state index is 16.0. The SMILES string of the molecule is CCN(CC)c1nc(N)nc2c1ncn2[C@@H]1O[C@H](COc2ccccc2O[P+]([O-])=NC(C)C(=O)OC)[C@@H](O)[C@@]1(C)F. The van der Waals surface area contributed by atoms with Crippen molar-refractivity contribution in [2.45, 2.75) is 57.8 Å². The van der Waals surface area contributed by atoms with Gasteiger partial charge in [0, 0.05) is 13.1 Å². The number of benzene rings is 1. The van der Waals surface area contributed by atoms with Crippen LogP contribution < -0.4 is 24.8 Å². The fourth-order valence-electron chi connectivity index (χ4n) is 4.47. The number of esters is 1. The summed E-state index contributed by atoms with van der Waals surface area (Å²) in [6.07, 6.45) is -2.63. The summed E-state index contributed by atoms with van der Waals surface area (Å²) in [5.74, 6) is 0.0506. The molecule has 0 bridgehead atoms. The lowest BCUT2D eigenvalue weighted by Crippen LogP contribution is -2.41. The lowest BCUT2D eigenvalue weighted by atomic mass is 9.98. The number of halogens is 1. The van der Waals surface area contributed by atoms with Crippen molar-refractivity contribution in [2.24, 2.45) is 4.74 Å². The lowest BCUT2D eigenvalue weighted by molar-refractivity contribution is -0.169. The first kappa shape index (κ1) is 30.3. The first-order valence-electron chi connectivity index (χ1n) is 12.9. The van der Waals surface area contributed by atoms with Gasteiger partial charge in [-0.3, -0.25) is 9.09 Å². The summed E-state index contributed by atoms with van der Waals surface area (Å²) < 4.78 is 42.9. The number of imidazole rings is 1. The molecule has 0 aliphatic carbocycles. The number of hydrogen-bond acceptors (Lipinski definition) is 13. The van der Waals surface area contributed by atoms with Crippen molar-refractivity contribution >= 4 is 37.1 Å². The Balaban J connectivity index is 1.54. The quantitative estimate of drug-likeness (QED) is 0.244. The van der Waals surface area contributed by atoms with Crippen LogP contribution >= 0.6 is 8.17 Å². The highest BCUT2D eigenvalue weighted by atomic mass is 31.1. The number of aliphatic hydroxyl groups excluding tert-OH is 1. The second-order valence-corrected chi connectivity index (χ2v) is 10.3. The molecule has 41 heavy (non-hydrogen) atoms. The van der Waals surface area contributed by atoms with Gasteiger partial charge in [0.25, 0.3) is 0 Å². The highest BCUT2D eigenvalue weighted by molar-refractivity contribution is 7.34. The molecule has 3 aromatic rings. The van der Waals surface area contributed by atoms with Crippen LogP contribution in [0.4, 0.5) is 16.2 Å². The Morgan fingerprint density at radius 2 is 2.02 bits per heavy atom. The van der Waals surface area contributed by atoms with Crippen LogP contribution in [0.5, 0.6) is 11.5 Å². The first-order chi connectivity index (χ1) is 19.5. The maximum atomic E-state index is 16.0. The molecule has 0 amide bonds. The highest BCUT2D eigenvalue weighted by Crippen LogP contribution is 2.43. The molecule has 1 aliphatic heterocycles. The number of carbonyl (C=O) groups is 1. The van der Waals surface area contributed by atoms with Gasteiger partial charge in [-0.25, -0.2) is 14.2 Å². The first-order valence-corrected chi connectivity index (χ1v) is 14.1. The molecule has 16 heteroatoms. The van der Waals surface area contributed by atoms with Crippen molar-refractivity contribution in [1.29, 1.82) is 0 Å². The van der Waals surface area contributed by atoms with E-state index in [9.17, 15) is 14.8 Å². The third-order valence-electron chi connectivity index (χ3n) is 6.69. The Labute approximate surface area is 236 Å². The van der Waals surface area contributed by atoms with Crippen molar-refractivity contribution < 1.29 is 37.9 Å². The lowest BCUT2D eigenvalue weighted by Gasteiger charge is -2.25. The second-order valence-electron chi connectivity index (χ2n) is 9.43. The van der Waals surface area contributed by atoms with Crippen LogP contribution in [-0.4, -0.2) is 81.3 Å². The van der Waals surface area contributed by atoms with Crippen LogP contribution in [0.3, 0.4) is 0 Å². The largest absolute Gasteiger partial charge is 0.575 e. The third kappa shape index (κ3) is 6.17. The zero-order valence-electron chi connectivity index (χ0n) is 23.3. The summed E-state index contributed by atoms with van der Waals surface area (Å²) >= 11 is 0. The Hall–Kier alpha value is -3.65. The molecular formula is C25H33FN7O7P. The summed E-state index contributed by atoms with van der Waals surface area (Å²) in [5, 5.41) is 10.9. The minimum absolute atomic E-state index is 0.0113. The number of nitrogens with zero attached hydrogens (tertiary/aromatic N) is 6. The molecule has 222 valence electrons. The summed E-state index contributed by atoms with van der Waals surface area (Å²) in [4.78, 5) is 38.9. The van der Waals surface area contributed by atoms with E-state index in [0.717, 1.165) is 0 Å². The summed E-state index contributed by atoms with van der Waals surface area (Å²) in [7, 11) is -1.45. The molecule has 14 nitrogen and oxygen atoms in total. The van der Waals surface area contributed by atoms with Gasteiger partial charge in [-0.2, -0.15) is 9.97 Å². The second kappa shape index (κ2) is 12.5. The number of nitrogens with two attached hydrogens (primary N) is 1. The number of nitrogen functional groups attached to an aromatic ring is 1. The minimum atomic E-state index is -2.64. The standard InChI is InChI=1S/C25H33FN7O7P/c1-6-32(7-2)20-18-21(30-24(27)29-20)33(13-28-18)23-25(4,26)19(34)17(39-23)12-38-15-10-8-9-11-16(15)40-41(36)31-14(3)22(35)37-5/h8-11,13-14,17,19,23,34H,6-7,12H2,1-5H3,(H2,27,29,30)/t14?,17-,19-,23-,25-/m1/s1. The number of hydrogen-bond donors (Lipinski definition) is 2. The molecule has 1 aliphatic rings. The molecule has 3 heterocycles. The Bertz CT molecular complexity index is 1420. The number of aromatic nitrogens is 4. The van der Waals surface area contributed by atoms with Crippen LogP contribution in [0.2, 0.25) is 0 Å². The Morgan fingerprint density at radius 1 is 1.34 bits per heavy atom. The number of anilines is 2. The fourth-order valence-corrected chi connectivity index (χ4v) is 5.21. The number of ether oxygens (including phenoxy) is 3. The van der Waals surface area contributed by atoms with Gasteiger partial charge in [-0.1, -0.05) is 16.9 Å². The van der Waals surface area contributed by atoms with E-state index in [4.69, 9.17) is 19.7 Å². The minimum Gasteiger partial charge on any atom is -0.575 e. The highest BCUT2D eigenvalue weighted by Gasteiger charge is 2.55. The number of carbonyl (C=O) groups excluding carboxylic acids is 1. The molecule has 2 unspecified atom stereocenters. The van der Waals surface area contributed by atoms with Crippen LogP contribution in [0.15, 0.2) is 35.3 Å². The van der Waals surface area contributed by atoms with Gasteiger partial charge in [-0.15, -0.1) is 0 Å². The molecule has 1 aromatic carbocycles. The van der Waals surface area contributed by atoms with Gasteiger partial charge in [0.15, 0.2) is 40.7 Å². The number of alkyl halides is 1. The normalized spacial score (nSPS) is 23.4. The zero-order chi connectivity index (χ0) is 29.9. The number of methoxy groups -OCH3 is 1. The van der Waals surface area contributed by atoms with Crippen LogP contribution in [0, 0.1) is 0 Å². The number of para-hydroxylation sites is 2. The molecule has 1 fully saturated rings. The average Bonchev–Trinajstić information content (AvgIpc) is 3.45. The van der Waals surface area contributed by atoms with E-state index in [2.05, 4.69) is 24.4 Å². The van der Waals surface area contributed by atoms with Gasteiger partial charge in [0.2, 0.25) is 11.7 Å².